The van der Waals surface area contributed by atoms with Crippen LogP contribution in [0.15, 0.2) is 42.5 Å². The number of benzene rings is 2. The molecule has 2 fully saturated rings. The van der Waals surface area contributed by atoms with Gasteiger partial charge in [0.25, 0.3) is 11.6 Å². The number of carbonyl (C=O) groups excluding carboxylic acids is 1. The molecule has 0 bridgehead atoms. The maximum Gasteiger partial charge on any atom is 0.270 e. The average Bonchev–Trinajstić information content (AvgIpc) is 3.43. The summed E-state index contributed by atoms with van der Waals surface area (Å²) in [4.78, 5) is 38.7. The maximum atomic E-state index is 13.5. The number of non-ortho nitro benzene ring substituents is 1. The number of fused-ring (bicyclic) bond motifs is 1. The number of imidazole rings is 1. The summed E-state index contributed by atoms with van der Waals surface area (Å²) >= 11 is 0. The van der Waals surface area contributed by atoms with Gasteiger partial charge in [0.05, 0.1) is 27.2 Å². The Morgan fingerprint density at radius 2 is 1.72 bits per heavy atom. The van der Waals surface area contributed by atoms with E-state index in [0.29, 0.717) is 25.2 Å². The van der Waals surface area contributed by atoms with Gasteiger partial charge in [-0.25, -0.2) is 4.98 Å². The number of anilines is 2. The molecule has 2 saturated heterocycles. The predicted molar refractivity (Wildman–Crippen MR) is 123 cm³/mol. The number of hydrogen-bond acceptors (Lipinski definition) is 6. The molecule has 1 amide bonds. The quantitative estimate of drug-likeness (QED) is 0.499. The Bertz CT molecular complexity index is 1120. The number of aromatic amines is 1. The van der Waals surface area contributed by atoms with Gasteiger partial charge in [-0.3, -0.25) is 14.9 Å². The van der Waals surface area contributed by atoms with Gasteiger partial charge in [0.15, 0.2) is 0 Å². The van der Waals surface area contributed by atoms with Crippen molar-refractivity contribution in [2.24, 2.45) is 0 Å². The van der Waals surface area contributed by atoms with Crippen LogP contribution < -0.4 is 9.80 Å². The number of aromatic nitrogens is 2. The van der Waals surface area contributed by atoms with Crippen molar-refractivity contribution in [3.8, 4) is 0 Å². The highest BCUT2D eigenvalue weighted by Gasteiger charge is 2.27. The second-order valence-corrected chi connectivity index (χ2v) is 8.36. The molecule has 0 radical (unpaired) electrons. The van der Waals surface area contributed by atoms with E-state index in [1.54, 1.807) is 6.07 Å². The second kappa shape index (κ2) is 8.49. The summed E-state index contributed by atoms with van der Waals surface area (Å²) < 4.78 is 0. The molecular weight excluding hydrogens is 408 g/mol. The van der Waals surface area contributed by atoms with E-state index in [-0.39, 0.29) is 11.6 Å². The van der Waals surface area contributed by atoms with Crippen LogP contribution in [0.25, 0.3) is 11.0 Å². The summed E-state index contributed by atoms with van der Waals surface area (Å²) in [5.41, 5.74) is 3.10. The number of nitro benzene ring substituents is 1. The van der Waals surface area contributed by atoms with Gasteiger partial charge in [0.2, 0.25) is 5.95 Å². The fraction of sp³-hybridized carbons (Fsp3) is 0.391. The summed E-state index contributed by atoms with van der Waals surface area (Å²) in [6.45, 7) is 4.34. The minimum atomic E-state index is -0.434. The van der Waals surface area contributed by atoms with Gasteiger partial charge >= 0.3 is 0 Å². The SMILES string of the molecule is O=C(c1cc([N+](=O)[O-])ccc1N1CCCC1)N1CCCN(c2nc3ccccc3[nH]2)CC1. The Labute approximate surface area is 185 Å². The van der Waals surface area contributed by atoms with Crippen LogP contribution in [0.4, 0.5) is 17.3 Å². The monoisotopic (exact) mass is 434 g/mol. The van der Waals surface area contributed by atoms with E-state index in [1.807, 2.05) is 29.2 Å². The summed E-state index contributed by atoms with van der Waals surface area (Å²) in [6.07, 6.45) is 2.94. The Balaban J connectivity index is 1.37. The molecule has 9 nitrogen and oxygen atoms in total. The van der Waals surface area contributed by atoms with Gasteiger partial charge in [-0.05, 0) is 37.5 Å². The molecule has 166 valence electrons. The first kappa shape index (κ1) is 20.3. The molecule has 3 heterocycles. The Kier molecular flexibility index (Phi) is 5.38. The molecule has 5 rings (SSSR count). The van der Waals surface area contributed by atoms with Crippen LogP contribution >= 0.6 is 0 Å². The lowest BCUT2D eigenvalue weighted by Gasteiger charge is -2.25. The van der Waals surface area contributed by atoms with Gasteiger partial charge in [-0.15, -0.1) is 0 Å². The number of rotatable bonds is 4. The van der Waals surface area contributed by atoms with Gasteiger partial charge < -0.3 is 19.7 Å². The lowest BCUT2D eigenvalue weighted by molar-refractivity contribution is -0.384. The number of nitro groups is 1. The van der Waals surface area contributed by atoms with Crippen molar-refractivity contribution in [3.63, 3.8) is 0 Å². The van der Waals surface area contributed by atoms with Crippen LogP contribution in [0.2, 0.25) is 0 Å². The number of carbonyl (C=O) groups is 1. The summed E-state index contributed by atoms with van der Waals surface area (Å²) in [7, 11) is 0. The van der Waals surface area contributed by atoms with Gasteiger partial charge in [0, 0.05) is 51.4 Å². The molecule has 2 aromatic carbocycles. The van der Waals surface area contributed by atoms with Gasteiger partial charge in [0.1, 0.15) is 0 Å². The first-order valence-corrected chi connectivity index (χ1v) is 11.1. The zero-order valence-corrected chi connectivity index (χ0v) is 17.9. The summed E-state index contributed by atoms with van der Waals surface area (Å²) in [6, 6.07) is 12.6. The van der Waals surface area contributed by atoms with Crippen LogP contribution in [0.5, 0.6) is 0 Å². The topological polar surface area (TPSA) is 98.6 Å². The molecular formula is C23H26N6O3. The zero-order valence-electron chi connectivity index (χ0n) is 17.9. The van der Waals surface area contributed by atoms with Crippen molar-refractivity contribution < 1.29 is 9.72 Å². The number of para-hydroxylation sites is 2. The number of nitrogens with zero attached hydrogens (tertiary/aromatic N) is 5. The summed E-state index contributed by atoms with van der Waals surface area (Å²) in [5, 5.41) is 11.4. The lowest BCUT2D eigenvalue weighted by Crippen LogP contribution is -2.36. The van der Waals surface area contributed by atoms with E-state index in [1.165, 1.54) is 12.1 Å². The molecule has 32 heavy (non-hydrogen) atoms. The maximum absolute atomic E-state index is 13.5. The van der Waals surface area contributed by atoms with E-state index < -0.39 is 4.92 Å². The van der Waals surface area contributed by atoms with Crippen molar-refractivity contribution in [2.45, 2.75) is 19.3 Å². The van der Waals surface area contributed by atoms with E-state index in [2.05, 4.69) is 19.8 Å². The third-order valence-corrected chi connectivity index (χ3v) is 6.33. The predicted octanol–water partition coefficient (Wildman–Crippen LogP) is 3.42. The molecule has 9 heteroatoms. The van der Waals surface area contributed by atoms with Crippen molar-refractivity contribution in [1.29, 1.82) is 0 Å². The number of H-pyrrole nitrogens is 1. The average molecular weight is 435 g/mol. The fourth-order valence-corrected chi connectivity index (χ4v) is 4.63. The Morgan fingerprint density at radius 3 is 2.50 bits per heavy atom. The minimum absolute atomic E-state index is 0.0463. The van der Waals surface area contributed by atoms with Gasteiger partial charge in [-0.2, -0.15) is 0 Å². The van der Waals surface area contributed by atoms with Crippen molar-refractivity contribution in [3.05, 3.63) is 58.1 Å². The van der Waals surface area contributed by atoms with Crippen molar-refractivity contribution in [2.75, 3.05) is 49.1 Å². The highest BCUT2D eigenvalue weighted by Crippen LogP contribution is 2.30. The molecule has 0 aliphatic carbocycles. The Morgan fingerprint density at radius 1 is 0.938 bits per heavy atom. The largest absolute Gasteiger partial charge is 0.371 e. The minimum Gasteiger partial charge on any atom is -0.371 e. The normalized spacial score (nSPS) is 17.1. The highest BCUT2D eigenvalue weighted by atomic mass is 16.6. The lowest BCUT2D eigenvalue weighted by atomic mass is 10.1. The molecule has 3 aromatic rings. The van der Waals surface area contributed by atoms with Crippen molar-refractivity contribution in [1.82, 2.24) is 14.9 Å². The standard InChI is InChI=1S/C23H26N6O3/c30-22(18-16-17(29(31)32)8-9-21(18)26-10-3-4-11-26)27-12-5-13-28(15-14-27)23-24-19-6-1-2-7-20(19)25-23/h1-2,6-9,16H,3-5,10-15H2,(H,24,25). The van der Waals surface area contributed by atoms with E-state index in [4.69, 9.17) is 0 Å². The molecule has 0 spiro atoms. The zero-order chi connectivity index (χ0) is 22.1. The summed E-state index contributed by atoms with van der Waals surface area (Å²) in [5.74, 6) is 0.677. The molecule has 0 atom stereocenters. The van der Waals surface area contributed by atoms with E-state index in [9.17, 15) is 14.9 Å². The first-order chi connectivity index (χ1) is 15.6. The van der Waals surface area contributed by atoms with Crippen LogP contribution in [0.3, 0.4) is 0 Å². The van der Waals surface area contributed by atoms with Crippen LogP contribution in [0, 0.1) is 10.1 Å². The smallest absolute Gasteiger partial charge is 0.270 e. The van der Waals surface area contributed by atoms with Crippen LogP contribution in [-0.2, 0) is 0 Å². The van der Waals surface area contributed by atoms with Crippen LogP contribution in [0.1, 0.15) is 29.6 Å². The highest BCUT2D eigenvalue weighted by molar-refractivity contribution is 6.00. The molecule has 1 N–H and O–H groups in total. The first-order valence-electron chi connectivity index (χ1n) is 11.1. The third-order valence-electron chi connectivity index (χ3n) is 6.33. The third kappa shape index (κ3) is 3.86. The number of nitrogens with one attached hydrogen (secondary N) is 1. The Hall–Kier alpha value is -3.62. The molecule has 2 aliphatic rings. The molecule has 0 unspecified atom stereocenters. The molecule has 0 saturated carbocycles. The van der Waals surface area contributed by atoms with E-state index in [0.717, 1.165) is 61.6 Å². The molecule has 1 aromatic heterocycles. The van der Waals surface area contributed by atoms with E-state index >= 15 is 0 Å². The van der Waals surface area contributed by atoms with Gasteiger partial charge in [-0.1, -0.05) is 12.1 Å². The second-order valence-electron chi connectivity index (χ2n) is 8.36. The van der Waals surface area contributed by atoms with Crippen molar-refractivity contribution >= 4 is 34.3 Å². The fourth-order valence-electron chi connectivity index (χ4n) is 4.63. The number of hydrogen-bond donors (Lipinski definition) is 1. The molecule has 2 aliphatic heterocycles. The van der Waals surface area contributed by atoms with Crippen LogP contribution in [-0.4, -0.2) is 65.0 Å². The number of amides is 1.